The second-order valence-corrected chi connectivity index (χ2v) is 7.47. The van der Waals surface area contributed by atoms with Gasteiger partial charge in [0, 0.05) is 18.3 Å². The van der Waals surface area contributed by atoms with Crippen molar-refractivity contribution in [1.29, 1.82) is 5.26 Å². The molecular formula is C15H24ClN3O2. The largest absolute Gasteiger partial charge is 0.300 e. The normalized spacial score (nSPS) is 15.5. The Morgan fingerprint density at radius 1 is 1.10 bits per heavy atom. The summed E-state index contributed by atoms with van der Waals surface area (Å²) in [6, 6.07) is 2.09. The number of azo groups is 1. The zero-order chi connectivity index (χ0) is 16.9. The second-order valence-electron chi connectivity index (χ2n) is 7.13. The summed E-state index contributed by atoms with van der Waals surface area (Å²) in [4.78, 5) is 23.1. The molecule has 0 aliphatic heterocycles. The van der Waals surface area contributed by atoms with Crippen LogP contribution in [0, 0.1) is 16.7 Å². The van der Waals surface area contributed by atoms with Crippen molar-refractivity contribution in [3.8, 4) is 6.07 Å². The molecule has 21 heavy (non-hydrogen) atoms. The van der Waals surface area contributed by atoms with Gasteiger partial charge in [-0.2, -0.15) is 15.5 Å². The van der Waals surface area contributed by atoms with Crippen LogP contribution in [0.5, 0.6) is 0 Å². The molecule has 0 spiro atoms. The third-order valence-corrected chi connectivity index (χ3v) is 3.39. The fraction of sp³-hybridized carbons (Fsp3) is 0.800. The monoisotopic (exact) mass is 313 g/mol. The summed E-state index contributed by atoms with van der Waals surface area (Å²) in [6.45, 7) is 10.6. The van der Waals surface area contributed by atoms with Gasteiger partial charge in [-0.25, -0.2) is 0 Å². The molecule has 0 fully saturated rings. The van der Waals surface area contributed by atoms with Crippen molar-refractivity contribution in [2.24, 2.45) is 15.6 Å². The van der Waals surface area contributed by atoms with Crippen LogP contribution in [0.15, 0.2) is 10.2 Å². The van der Waals surface area contributed by atoms with Crippen LogP contribution in [0.1, 0.15) is 60.8 Å². The minimum absolute atomic E-state index is 0.0628. The van der Waals surface area contributed by atoms with Crippen molar-refractivity contribution < 1.29 is 9.59 Å². The van der Waals surface area contributed by atoms with E-state index in [9.17, 15) is 14.9 Å². The Labute approximate surface area is 131 Å². The van der Waals surface area contributed by atoms with Gasteiger partial charge >= 0.3 is 0 Å². The van der Waals surface area contributed by atoms with E-state index in [2.05, 4.69) is 16.3 Å². The summed E-state index contributed by atoms with van der Waals surface area (Å²) in [5.41, 5.74) is -2.28. The van der Waals surface area contributed by atoms with Crippen molar-refractivity contribution in [2.75, 3.05) is 0 Å². The Morgan fingerprint density at radius 2 is 1.62 bits per heavy atom. The number of rotatable bonds is 7. The van der Waals surface area contributed by atoms with Crippen LogP contribution >= 0.6 is 11.6 Å². The molecule has 6 heteroatoms. The van der Waals surface area contributed by atoms with Crippen molar-refractivity contribution in [3.05, 3.63) is 0 Å². The standard InChI is InChI=1S/C15H24ClN3O2/c1-13(2,3)18-19-15(6,10-17)8-7-11(20)9-14(4,5)12(16)21/h7-9H2,1-6H3. The Hall–Kier alpha value is -1.28. The fourth-order valence-corrected chi connectivity index (χ4v) is 1.49. The molecule has 118 valence electrons. The van der Waals surface area contributed by atoms with E-state index in [4.69, 9.17) is 11.6 Å². The average molecular weight is 314 g/mol. The smallest absolute Gasteiger partial charge is 0.227 e. The Bertz CT molecular complexity index is 472. The Balaban J connectivity index is 4.68. The predicted octanol–water partition coefficient (Wildman–Crippen LogP) is 4.05. The SMILES string of the molecule is CC(C)(C)N=NC(C)(C#N)CCC(=O)CC(C)(C)C(=O)Cl. The quantitative estimate of drug-likeness (QED) is 0.525. The third kappa shape index (κ3) is 7.91. The lowest BCUT2D eigenvalue weighted by Gasteiger charge is -2.20. The van der Waals surface area contributed by atoms with Crippen molar-refractivity contribution >= 4 is 22.6 Å². The molecule has 0 saturated carbocycles. The zero-order valence-corrected chi connectivity index (χ0v) is 14.4. The van der Waals surface area contributed by atoms with Crippen LogP contribution in [0.2, 0.25) is 0 Å². The molecule has 0 saturated heterocycles. The number of nitriles is 1. The maximum Gasteiger partial charge on any atom is 0.227 e. The number of carbonyl (C=O) groups is 2. The fourth-order valence-electron chi connectivity index (χ4n) is 1.42. The first kappa shape index (κ1) is 19.7. The van der Waals surface area contributed by atoms with Gasteiger partial charge in [0.1, 0.15) is 5.78 Å². The van der Waals surface area contributed by atoms with Gasteiger partial charge < -0.3 is 0 Å². The lowest BCUT2D eigenvalue weighted by atomic mass is 9.86. The minimum Gasteiger partial charge on any atom is -0.300 e. The molecular weight excluding hydrogens is 290 g/mol. The van der Waals surface area contributed by atoms with Crippen molar-refractivity contribution in [3.63, 3.8) is 0 Å². The molecule has 0 amide bonds. The summed E-state index contributed by atoms with van der Waals surface area (Å²) in [5.74, 6) is -0.110. The Morgan fingerprint density at radius 3 is 2.00 bits per heavy atom. The van der Waals surface area contributed by atoms with Crippen molar-refractivity contribution in [1.82, 2.24) is 0 Å². The lowest BCUT2D eigenvalue weighted by molar-refractivity contribution is -0.127. The van der Waals surface area contributed by atoms with Crippen molar-refractivity contribution in [2.45, 2.75) is 71.9 Å². The van der Waals surface area contributed by atoms with E-state index in [1.807, 2.05) is 20.8 Å². The van der Waals surface area contributed by atoms with Gasteiger partial charge in [-0.3, -0.25) is 9.59 Å². The number of nitrogens with zero attached hydrogens (tertiary/aromatic N) is 3. The van der Waals surface area contributed by atoms with E-state index in [0.29, 0.717) is 0 Å². The molecule has 0 heterocycles. The molecule has 0 aliphatic carbocycles. The lowest BCUT2D eigenvalue weighted by Crippen LogP contribution is -2.26. The number of ketones is 1. The molecule has 0 rings (SSSR count). The highest BCUT2D eigenvalue weighted by Crippen LogP contribution is 2.27. The number of Topliss-reactive ketones (excluding diaryl/α,β-unsaturated/α-hetero) is 1. The first-order valence-corrected chi connectivity index (χ1v) is 7.26. The highest BCUT2D eigenvalue weighted by Gasteiger charge is 2.31. The topological polar surface area (TPSA) is 82.7 Å². The molecule has 1 unspecified atom stereocenters. The molecule has 1 atom stereocenters. The van der Waals surface area contributed by atoms with Gasteiger partial charge in [0.2, 0.25) is 5.24 Å². The number of carbonyl (C=O) groups excluding carboxylic acids is 2. The van der Waals surface area contributed by atoms with Gasteiger partial charge in [0.15, 0.2) is 5.54 Å². The maximum absolute atomic E-state index is 11.9. The summed E-state index contributed by atoms with van der Waals surface area (Å²) in [6.07, 6.45) is 0.503. The van der Waals surface area contributed by atoms with Crippen LogP contribution in [0.4, 0.5) is 0 Å². The van der Waals surface area contributed by atoms with Gasteiger partial charge in [-0.05, 0) is 45.7 Å². The van der Waals surface area contributed by atoms with Crippen LogP contribution in [0.3, 0.4) is 0 Å². The summed E-state index contributed by atoms with van der Waals surface area (Å²) >= 11 is 5.45. The number of hydrogen-bond donors (Lipinski definition) is 0. The van der Waals surface area contributed by atoms with E-state index >= 15 is 0 Å². The highest BCUT2D eigenvalue weighted by atomic mass is 35.5. The van der Waals surface area contributed by atoms with E-state index in [-0.39, 0.29) is 30.6 Å². The number of hydrogen-bond acceptors (Lipinski definition) is 5. The molecule has 0 N–H and O–H groups in total. The van der Waals surface area contributed by atoms with E-state index in [1.165, 1.54) is 0 Å². The molecule has 0 radical (unpaired) electrons. The van der Waals surface area contributed by atoms with Gasteiger partial charge in [-0.15, -0.1) is 0 Å². The van der Waals surface area contributed by atoms with Crippen LogP contribution in [0.25, 0.3) is 0 Å². The van der Waals surface area contributed by atoms with E-state index < -0.39 is 16.2 Å². The molecule has 0 aromatic carbocycles. The highest BCUT2D eigenvalue weighted by molar-refractivity contribution is 6.64. The van der Waals surface area contributed by atoms with Gasteiger partial charge in [0.05, 0.1) is 11.6 Å². The zero-order valence-electron chi connectivity index (χ0n) is 13.7. The summed E-state index contributed by atoms with van der Waals surface area (Å²) in [5, 5.41) is 16.9. The van der Waals surface area contributed by atoms with Crippen LogP contribution in [-0.4, -0.2) is 22.1 Å². The Kier molecular flexibility index (Phi) is 6.69. The predicted molar refractivity (Wildman–Crippen MR) is 82.1 cm³/mol. The molecule has 0 aliphatic rings. The first-order chi connectivity index (χ1) is 9.31. The molecule has 0 aromatic heterocycles. The molecule has 0 aromatic rings. The van der Waals surface area contributed by atoms with Gasteiger partial charge in [0.25, 0.3) is 0 Å². The molecule has 0 bridgehead atoms. The van der Waals surface area contributed by atoms with Gasteiger partial charge in [-0.1, -0.05) is 13.8 Å². The number of halogens is 1. The third-order valence-electron chi connectivity index (χ3n) is 2.87. The molecule has 5 nitrogen and oxygen atoms in total. The van der Waals surface area contributed by atoms with E-state index in [1.54, 1.807) is 20.8 Å². The first-order valence-electron chi connectivity index (χ1n) is 6.88. The maximum atomic E-state index is 11.9. The summed E-state index contributed by atoms with van der Waals surface area (Å²) in [7, 11) is 0. The van der Waals surface area contributed by atoms with Crippen LogP contribution in [-0.2, 0) is 9.59 Å². The average Bonchev–Trinajstić information content (AvgIpc) is 2.32. The second kappa shape index (κ2) is 7.13. The van der Waals surface area contributed by atoms with Crippen LogP contribution < -0.4 is 0 Å². The minimum atomic E-state index is -1.03. The summed E-state index contributed by atoms with van der Waals surface area (Å²) < 4.78 is 0. The van der Waals surface area contributed by atoms with E-state index in [0.717, 1.165) is 0 Å².